The van der Waals surface area contributed by atoms with Crippen molar-refractivity contribution in [3.63, 3.8) is 0 Å². The van der Waals surface area contributed by atoms with Crippen molar-refractivity contribution in [1.82, 2.24) is 20.1 Å². The number of nitrogens with zero attached hydrogens (tertiary/aromatic N) is 3. The fraction of sp³-hybridized carbons (Fsp3) is 0.385. The minimum atomic E-state index is -0.319. The lowest BCUT2D eigenvalue weighted by atomic mass is 10.2. The van der Waals surface area contributed by atoms with Crippen LogP contribution in [0.1, 0.15) is 24.2 Å². The summed E-state index contributed by atoms with van der Waals surface area (Å²) in [5, 5.41) is 8.05. The third-order valence-electron chi connectivity index (χ3n) is 3.06. The van der Waals surface area contributed by atoms with Crippen LogP contribution in [0.25, 0.3) is 0 Å². The Bertz CT molecular complexity index is 580. The van der Waals surface area contributed by atoms with Gasteiger partial charge in [-0.2, -0.15) is 5.10 Å². The highest BCUT2D eigenvalue weighted by Gasteiger charge is 2.20. The van der Waals surface area contributed by atoms with Gasteiger partial charge in [-0.3, -0.25) is 0 Å². The minimum absolute atomic E-state index is 0.319. The Kier molecular flexibility index (Phi) is 3.48. The first-order chi connectivity index (χ1) is 9.20. The van der Waals surface area contributed by atoms with Crippen molar-refractivity contribution < 1.29 is 4.39 Å². The molecule has 3 rings (SSSR count). The fourth-order valence-corrected chi connectivity index (χ4v) is 2.00. The number of nitrogens with one attached hydrogen (secondary N) is 1. The normalized spacial score (nSPS) is 14.8. The van der Waals surface area contributed by atoms with Crippen LogP contribution in [-0.2, 0) is 13.1 Å². The van der Waals surface area contributed by atoms with Crippen molar-refractivity contribution in [2.45, 2.75) is 32.0 Å². The summed E-state index contributed by atoms with van der Waals surface area (Å²) in [5.41, 5.74) is 0.552. The molecule has 1 aromatic heterocycles. The van der Waals surface area contributed by atoms with Crippen molar-refractivity contribution in [1.29, 1.82) is 0 Å². The highest BCUT2D eigenvalue weighted by atomic mass is 35.5. The van der Waals surface area contributed by atoms with Crippen molar-refractivity contribution >= 4 is 11.6 Å². The molecular formula is C13H14ClFN4. The number of hydrogen-bond acceptors (Lipinski definition) is 3. The van der Waals surface area contributed by atoms with Gasteiger partial charge in [-0.1, -0.05) is 17.7 Å². The molecule has 0 spiro atoms. The molecule has 1 heterocycles. The van der Waals surface area contributed by atoms with E-state index in [4.69, 9.17) is 11.6 Å². The lowest BCUT2D eigenvalue weighted by Crippen LogP contribution is -2.16. The molecule has 1 aliphatic carbocycles. The van der Waals surface area contributed by atoms with Crippen LogP contribution in [0, 0.1) is 5.82 Å². The summed E-state index contributed by atoms with van der Waals surface area (Å²) in [6.07, 6.45) is 4.09. The second kappa shape index (κ2) is 5.27. The van der Waals surface area contributed by atoms with Crippen LogP contribution in [0.3, 0.4) is 0 Å². The van der Waals surface area contributed by atoms with Gasteiger partial charge in [0.05, 0.1) is 13.1 Å². The van der Waals surface area contributed by atoms with E-state index in [1.807, 2.05) is 0 Å². The Hall–Kier alpha value is -1.46. The van der Waals surface area contributed by atoms with Gasteiger partial charge in [0.25, 0.3) is 0 Å². The zero-order valence-corrected chi connectivity index (χ0v) is 11.1. The summed E-state index contributed by atoms with van der Waals surface area (Å²) >= 11 is 5.72. The quantitative estimate of drug-likeness (QED) is 0.914. The van der Waals surface area contributed by atoms with Crippen LogP contribution in [0.5, 0.6) is 0 Å². The predicted molar refractivity (Wildman–Crippen MR) is 70.4 cm³/mol. The Balaban J connectivity index is 1.65. The maximum Gasteiger partial charge on any atom is 0.164 e. The maximum atomic E-state index is 13.6. The van der Waals surface area contributed by atoms with Crippen LogP contribution < -0.4 is 5.32 Å². The summed E-state index contributed by atoms with van der Waals surface area (Å²) in [4.78, 5) is 4.20. The molecule has 2 aromatic rings. The van der Waals surface area contributed by atoms with E-state index in [-0.39, 0.29) is 5.82 Å². The van der Waals surface area contributed by atoms with E-state index >= 15 is 0 Å². The Labute approximate surface area is 115 Å². The molecule has 0 radical (unpaired) electrons. The standard InChI is InChI=1S/C13H14ClFN4/c14-10-2-1-9(12(15)5-10)7-19-8-17-13(18-19)6-16-11-3-4-11/h1-2,5,8,11,16H,3-4,6-7H2. The molecule has 0 saturated heterocycles. The molecule has 6 heteroatoms. The highest BCUT2D eigenvalue weighted by Crippen LogP contribution is 2.19. The van der Waals surface area contributed by atoms with Crippen molar-refractivity contribution in [3.8, 4) is 0 Å². The molecule has 4 nitrogen and oxygen atoms in total. The number of rotatable bonds is 5. The molecule has 1 fully saturated rings. The lowest BCUT2D eigenvalue weighted by Gasteiger charge is -2.03. The van der Waals surface area contributed by atoms with Crippen molar-refractivity contribution in [2.24, 2.45) is 0 Å². The smallest absolute Gasteiger partial charge is 0.164 e. The van der Waals surface area contributed by atoms with Crippen molar-refractivity contribution in [2.75, 3.05) is 0 Å². The monoisotopic (exact) mass is 280 g/mol. The SMILES string of the molecule is Fc1cc(Cl)ccc1Cn1cnc(CNC2CC2)n1. The molecule has 1 aromatic carbocycles. The fourth-order valence-electron chi connectivity index (χ4n) is 1.84. The topological polar surface area (TPSA) is 42.7 Å². The average Bonchev–Trinajstić information content (AvgIpc) is 3.10. The molecule has 0 amide bonds. The van der Waals surface area contributed by atoms with Crippen LogP contribution in [0.15, 0.2) is 24.5 Å². The molecule has 19 heavy (non-hydrogen) atoms. The Morgan fingerprint density at radius 1 is 1.42 bits per heavy atom. The van der Waals surface area contributed by atoms with E-state index in [2.05, 4.69) is 15.4 Å². The van der Waals surface area contributed by atoms with Gasteiger partial charge in [0.1, 0.15) is 12.1 Å². The van der Waals surface area contributed by atoms with Crippen LogP contribution >= 0.6 is 11.6 Å². The van der Waals surface area contributed by atoms with Gasteiger partial charge in [0.2, 0.25) is 0 Å². The zero-order valence-electron chi connectivity index (χ0n) is 10.3. The van der Waals surface area contributed by atoms with Crippen LogP contribution in [0.4, 0.5) is 4.39 Å². The lowest BCUT2D eigenvalue weighted by molar-refractivity contribution is 0.578. The van der Waals surface area contributed by atoms with Gasteiger partial charge in [0, 0.05) is 16.6 Å². The van der Waals surface area contributed by atoms with Gasteiger partial charge < -0.3 is 5.32 Å². The second-order valence-corrected chi connectivity index (χ2v) is 5.19. The third kappa shape index (κ3) is 3.30. The molecule has 1 N–H and O–H groups in total. The summed E-state index contributed by atoms with van der Waals surface area (Å²) in [6, 6.07) is 5.28. The first kappa shape index (κ1) is 12.6. The zero-order chi connectivity index (χ0) is 13.2. The minimum Gasteiger partial charge on any atom is -0.307 e. The highest BCUT2D eigenvalue weighted by molar-refractivity contribution is 6.30. The number of halogens is 2. The number of hydrogen-bond donors (Lipinski definition) is 1. The van der Waals surface area contributed by atoms with Gasteiger partial charge in [-0.15, -0.1) is 0 Å². The van der Waals surface area contributed by atoms with E-state index in [1.54, 1.807) is 23.1 Å². The average molecular weight is 281 g/mol. The Morgan fingerprint density at radius 3 is 3.00 bits per heavy atom. The van der Waals surface area contributed by atoms with Gasteiger partial charge in [-0.25, -0.2) is 14.1 Å². The summed E-state index contributed by atoms with van der Waals surface area (Å²) in [6.45, 7) is 1.03. The van der Waals surface area contributed by atoms with E-state index in [1.165, 1.54) is 18.9 Å². The second-order valence-electron chi connectivity index (χ2n) is 4.75. The Morgan fingerprint density at radius 2 is 2.26 bits per heavy atom. The van der Waals surface area contributed by atoms with Gasteiger partial charge in [-0.05, 0) is 25.0 Å². The summed E-state index contributed by atoms with van der Waals surface area (Å²) < 4.78 is 15.3. The van der Waals surface area contributed by atoms with Crippen molar-refractivity contribution in [3.05, 3.63) is 46.8 Å². The summed E-state index contributed by atoms with van der Waals surface area (Å²) in [5.74, 6) is 0.418. The molecule has 0 bridgehead atoms. The molecule has 100 valence electrons. The van der Waals surface area contributed by atoms with Gasteiger partial charge in [0.15, 0.2) is 5.82 Å². The third-order valence-corrected chi connectivity index (χ3v) is 3.29. The number of aromatic nitrogens is 3. The summed E-state index contributed by atoms with van der Waals surface area (Å²) in [7, 11) is 0. The molecule has 0 atom stereocenters. The predicted octanol–water partition coefficient (Wildman–Crippen LogP) is 2.37. The largest absolute Gasteiger partial charge is 0.307 e. The van der Waals surface area contributed by atoms with Gasteiger partial charge >= 0.3 is 0 Å². The molecule has 1 saturated carbocycles. The van der Waals surface area contributed by atoms with E-state index in [0.29, 0.717) is 29.7 Å². The first-order valence-corrected chi connectivity index (χ1v) is 6.64. The molecule has 1 aliphatic rings. The van der Waals surface area contributed by atoms with Crippen LogP contribution in [0.2, 0.25) is 5.02 Å². The van der Waals surface area contributed by atoms with E-state index < -0.39 is 0 Å². The first-order valence-electron chi connectivity index (χ1n) is 6.26. The van der Waals surface area contributed by atoms with Crippen LogP contribution in [-0.4, -0.2) is 20.8 Å². The number of benzene rings is 1. The molecule has 0 aliphatic heterocycles. The molecule has 0 unspecified atom stereocenters. The molecular weight excluding hydrogens is 267 g/mol. The van der Waals surface area contributed by atoms with E-state index in [0.717, 1.165) is 5.82 Å². The van der Waals surface area contributed by atoms with E-state index in [9.17, 15) is 4.39 Å². The maximum absolute atomic E-state index is 13.6.